The smallest absolute Gasteiger partial charge is 0.272 e. The molecule has 1 aliphatic heterocycles. The van der Waals surface area contributed by atoms with Crippen molar-refractivity contribution in [1.29, 1.82) is 0 Å². The van der Waals surface area contributed by atoms with Gasteiger partial charge in [-0.3, -0.25) is 39.7 Å². The molecule has 0 bridgehead atoms. The van der Waals surface area contributed by atoms with Crippen molar-refractivity contribution in [3.05, 3.63) is 46.8 Å². The zero-order chi connectivity index (χ0) is 20.3. The SMILES string of the molecule is CC(=O)NNC(=O)c1ccsc1NC(=O)c1ccc(N2C(=O)CCC2=O)cc1. The third-order valence-electron chi connectivity index (χ3n) is 3.93. The van der Waals surface area contributed by atoms with Gasteiger partial charge in [0.1, 0.15) is 5.00 Å². The van der Waals surface area contributed by atoms with Crippen molar-refractivity contribution in [2.75, 3.05) is 10.2 Å². The minimum absolute atomic E-state index is 0.183. The molecule has 2 aromatic rings. The third kappa shape index (κ3) is 4.07. The number of hydrogen-bond donors (Lipinski definition) is 3. The van der Waals surface area contributed by atoms with Gasteiger partial charge in [0, 0.05) is 25.3 Å². The van der Waals surface area contributed by atoms with Gasteiger partial charge in [-0.05, 0) is 35.7 Å². The Labute approximate surface area is 163 Å². The molecule has 0 radical (unpaired) electrons. The van der Waals surface area contributed by atoms with E-state index in [1.54, 1.807) is 5.38 Å². The highest BCUT2D eigenvalue weighted by atomic mass is 32.1. The minimum Gasteiger partial charge on any atom is -0.313 e. The van der Waals surface area contributed by atoms with Crippen LogP contribution in [-0.2, 0) is 14.4 Å². The minimum atomic E-state index is -0.562. The number of hydrogen-bond acceptors (Lipinski definition) is 6. The number of carbonyl (C=O) groups is 5. The first-order valence-electron chi connectivity index (χ1n) is 8.28. The van der Waals surface area contributed by atoms with Crippen LogP contribution in [0.25, 0.3) is 0 Å². The quantitative estimate of drug-likeness (QED) is 0.529. The Morgan fingerprint density at radius 3 is 2.18 bits per heavy atom. The summed E-state index contributed by atoms with van der Waals surface area (Å²) in [7, 11) is 0. The van der Waals surface area contributed by atoms with Crippen LogP contribution in [-0.4, -0.2) is 29.5 Å². The van der Waals surface area contributed by atoms with E-state index in [1.807, 2.05) is 0 Å². The van der Waals surface area contributed by atoms with E-state index in [0.717, 1.165) is 16.2 Å². The predicted octanol–water partition coefficient (Wildman–Crippen LogP) is 1.43. The molecule has 28 heavy (non-hydrogen) atoms. The summed E-state index contributed by atoms with van der Waals surface area (Å²) in [4.78, 5) is 60.1. The first-order valence-corrected chi connectivity index (χ1v) is 9.16. The molecule has 1 saturated heterocycles. The van der Waals surface area contributed by atoms with Crippen molar-refractivity contribution in [3.8, 4) is 0 Å². The van der Waals surface area contributed by atoms with Gasteiger partial charge in [-0.2, -0.15) is 0 Å². The van der Waals surface area contributed by atoms with Crippen LogP contribution in [0.15, 0.2) is 35.7 Å². The van der Waals surface area contributed by atoms with Crippen LogP contribution in [0.1, 0.15) is 40.5 Å². The largest absolute Gasteiger partial charge is 0.313 e. The second-order valence-electron chi connectivity index (χ2n) is 5.92. The zero-order valence-electron chi connectivity index (χ0n) is 14.8. The van der Waals surface area contributed by atoms with Crippen LogP contribution in [0.5, 0.6) is 0 Å². The Morgan fingerprint density at radius 2 is 1.57 bits per heavy atom. The number of hydrazine groups is 1. The maximum Gasteiger partial charge on any atom is 0.272 e. The maximum absolute atomic E-state index is 12.5. The lowest BCUT2D eigenvalue weighted by Crippen LogP contribution is -2.40. The van der Waals surface area contributed by atoms with Crippen molar-refractivity contribution in [1.82, 2.24) is 10.9 Å². The number of thiophene rings is 1. The van der Waals surface area contributed by atoms with Crippen LogP contribution in [0.3, 0.4) is 0 Å². The van der Waals surface area contributed by atoms with Crippen molar-refractivity contribution in [2.45, 2.75) is 19.8 Å². The number of anilines is 2. The highest BCUT2D eigenvalue weighted by Gasteiger charge is 2.30. The molecule has 0 unspecified atom stereocenters. The van der Waals surface area contributed by atoms with Gasteiger partial charge in [0.15, 0.2) is 0 Å². The summed E-state index contributed by atoms with van der Waals surface area (Å²) in [6, 6.07) is 7.55. The van der Waals surface area contributed by atoms with E-state index in [9.17, 15) is 24.0 Å². The molecule has 3 N–H and O–H groups in total. The Morgan fingerprint density at radius 1 is 0.929 bits per heavy atom. The average molecular weight is 400 g/mol. The summed E-state index contributed by atoms with van der Waals surface area (Å²) in [6.45, 7) is 1.25. The highest BCUT2D eigenvalue weighted by molar-refractivity contribution is 7.14. The molecular weight excluding hydrogens is 384 g/mol. The summed E-state index contributed by atoms with van der Waals surface area (Å²) in [6.07, 6.45) is 0.367. The standard InChI is InChI=1S/C18H16N4O5S/c1-10(23)20-21-17(27)13-8-9-28-18(13)19-16(26)11-2-4-12(5-3-11)22-14(24)6-7-15(22)25/h2-5,8-9H,6-7H2,1H3,(H,19,26)(H,20,23)(H,21,27). The molecule has 10 heteroatoms. The van der Waals surface area contributed by atoms with E-state index >= 15 is 0 Å². The van der Waals surface area contributed by atoms with Gasteiger partial charge in [-0.1, -0.05) is 0 Å². The first-order chi connectivity index (χ1) is 13.4. The molecule has 9 nitrogen and oxygen atoms in total. The lowest BCUT2D eigenvalue weighted by molar-refractivity contribution is -0.121. The highest BCUT2D eigenvalue weighted by Crippen LogP contribution is 2.25. The average Bonchev–Trinajstić information content (AvgIpc) is 3.26. The van der Waals surface area contributed by atoms with Gasteiger partial charge in [0.05, 0.1) is 11.3 Å². The maximum atomic E-state index is 12.5. The van der Waals surface area contributed by atoms with Crippen molar-refractivity contribution in [2.24, 2.45) is 0 Å². The van der Waals surface area contributed by atoms with Crippen molar-refractivity contribution >= 4 is 51.6 Å². The fourth-order valence-electron chi connectivity index (χ4n) is 2.60. The van der Waals surface area contributed by atoms with Gasteiger partial charge in [0.2, 0.25) is 17.7 Å². The zero-order valence-corrected chi connectivity index (χ0v) is 15.6. The van der Waals surface area contributed by atoms with E-state index in [1.165, 1.54) is 37.3 Å². The first kappa shape index (κ1) is 19.2. The molecule has 0 atom stereocenters. The van der Waals surface area contributed by atoms with Gasteiger partial charge >= 0.3 is 0 Å². The monoisotopic (exact) mass is 400 g/mol. The summed E-state index contributed by atoms with van der Waals surface area (Å²) >= 11 is 1.16. The Balaban J connectivity index is 1.70. The third-order valence-corrected chi connectivity index (χ3v) is 4.76. The van der Waals surface area contributed by atoms with E-state index < -0.39 is 17.7 Å². The lowest BCUT2D eigenvalue weighted by Gasteiger charge is -2.14. The molecule has 1 aliphatic rings. The fourth-order valence-corrected chi connectivity index (χ4v) is 3.38. The molecule has 0 saturated carbocycles. The topological polar surface area (TPSA) is 125 Å². The fraction of sp³-hybridized carbons (Fsp3) is 0.167. The summed E-state index contributed by atoms with van der Waals surface area (Å²) in [5.74, 6) is -1.98. The van der Waals surface area contributed by atoms with E-state index in [4.69, 9.17) is 0 Å². The second-order valence-corrected chi connectivity index (χ2v) is 6.84. The molecule has 0 spiro atoms. The number of nitrogens with one attached hydrogen (secondary N) is 3. The Hall–Kier alpha value is -3.53. The van der Waals surface area contributed by atoms with Crippen molar-refractivity contribution in [3.63, 3.8) is 0 Å². The normalized spacial score (nSPS) is 13.4. The van der Waals surface area contributed by atoms with Gasteiger partial charge in [-0.25, -0.2) is 0 Å². The molecule has 144 valence electrons. The van der Waals surface area contributed by atoms with Crippen LogP contribution >= 0.6 is 11.3 Å². The van der Waals surface area contributed by atoms with Crippen LogP contribution < -0.4 is 21.1 Å². The number of nitrogens with zero attached hydrogens (tertiary/aromatic N) is 1. The summed E-state index contributed by atoms with van der Waals surface area (Å²) in [5, 5.41) is 4.59. The molecule has 1 aromatic heterocycles. The number of amides is 5. The molecule has 2 heterocycles. The van der Waals surface area contributed by atoms with E-state index in [0.29, 0.717) is 16.3 Å². The number of benzene rings is 1. The lowest BCUT2D eigenvalue weighted by atomic mass is 10.2. The molecule has 0 aliphatic carbocycles. The second kappa shape index (κ2) is 8.01. The Bertz CT molecular complexity index is 951. The number of carbonyl (C=O) groups excluding carboxylic acids is 5. The predicted molar refractivity (Wildman–Crippen MR) is 102 cm³/mol. The molecule has 3 rings (SSSR count). The van der Waals surface area contributed by atoms with Crippen LogP contribution in [0.2, 0.25) is 0 Å². The van der Waals surface area contributed by atoms with Gasteiger partial charge in [0.25, 0.3) is 11.8 Å². The molecule has 1 fully saturated rings. The number of imide groups is 1. The van der Waals surface area contributed by atoms with E-state index in [2.05, 4.69) is 16.2 Å². The van der Waals surface area contributed by atoms with Crippen LogP contribution in [0, 0.1) is 0 Å². The molecule has 5 amide bonds. The summed E-state index contributed by atoms with van der Waals surface area (Å²) < 4.78 is 0. The molecule has 1 aromatic carbocycles. The van der Waals surface area contributed by atoms with Crippen LogP contribution in [0.4, 0.5) is 10.7 Å². The Kier molecular flexibility index (Phi) is 5.50. The van der Waals surface area contributed by atoms with Gasteiger partial charge in [-0.15, -0.1) is 11.3 Å². The van der Waals surface area contributed by atoms with E-state index in [-0.39, 0.29) is 30.2 Å². The molecular formula is C18H16N4O5S. The van der Waals surface area contributed by atoms with Gasteiger partial charge < -0.3 is 5.32 Å². The number of rotatable bonds is 4. The van der Waals surface area contributed by atoms with Crippen molar-refractivity contribution < 1.29 is 24.0 Å². The summed E-state index contributed by atoms with van der Waals surface area (Å²) in [5.41, 5.74) is 5.33.